The van der Waals surface area contributed by atoms with E-state index in [0.717, 1.165) is 56.4 Å². The van der Waals surface area contributed by atoms with Gasteiger partial charge in [0.1, 0.15) is 0 Å². The first kappa shape index (κ1) is 12.7. The number of carbonyl (C=O) groups is 1. The first-order valence-electron chi connectivity index (χ1n) is 7.30. The van der Waals surface area contributed by atoms with E-state index in [9.17, 15) is 4.79 Å². The van der Waals surface area contributed by atoms with Crippen molar-refractivity contribution < 1.29 is 4.79 Å². The van der Waals surface area contributed by atoms with Gasteiger partial charge in [0.15, 0.2) is 0 Å². The van der Waals surface area contributed by atoms with Crippen LogP contribution in [0.25, 0.3) is 0 Å². The smallest absolute Gasteiger partial charge is 0.253 e. The quantitative estimate of drug-likeness (QED) is 0.836. The topological polar surface area (TPSA) is 32.3 Å². The number of amides is 1. The molecule has 2 atom stereocenters. The van der Waals surface area contributed by atoms with Crippen LogP contribution in [-0.2, 0) is 0 Å². The highest BCUT2D eigenvalue weighted by Crippen LogP contribution is 2.27. The van der Waals surface area contributed by atoms with Crippen molar-refractivity contribution in [2.45, 2.75) is 19.8 Å². The van der Waals surface area contributed by atoms with Crippen LogP contribution >= 0.6 is 0 Å². The molecule has 1 aromatic carbocycles. The Kier molecular flexibility index (Phi) is 3.56. The third kappa shape index (κ3) is 2.66. The van der Waals surface area contributed by atoms with Gasteiger partial charge >= 0.3 is 0 Å². The summed E-state index contributed by atoms with van der Waals surface area (Å²) in [7, 11) is 0. The molecule has 3 nitrogen and oxygen atoms in total. The maximum atomic E-state index is 12.5. The minimum Gasteiger partial charge on any atom is -0.339 e. The summed E-state index contributed by atoms with van der Waals surface area (Å²) in [6, 6.07) is 7.93. The fourth-order valence-corrected chi connectivity index (χ4v) is 3.30. The number of nitrogens with zero attached hydrogens (tertiary/aromatic N) is 1. The molecule has 102 valence electrons. The number of nitrogens with one attached hydrogen (secondary N) is 1. The number of hydrogen-bond donors (Lipinski definition) is 1. The molecule has 0 aromatic heterocycles. The Morgan fingerprint density at radius 3 is 2.26 bits per heavy atom. The van der Waals surface area contributed by atoms with E-state index in [-0.39, 0.29) is 5.91 Å². The number of carbonyl (C=O) groups excluding carboxylic acids is 1. The van der Waals surface area contributed by atoms with Crippen LogP contribution in [0, 0.1) is 18.8 Å². The molecular weight excluding hydrogens is 236 g/mol. The number of benzene rings is 1. The molecule has 0 saturated carbocycles. The maximum Gasteiger partial charge on any atom is 0.253 e. The highest BCUT2D eigenvalue weighted by Gasteiger charge is 2.31. The Bertz CT molecular complexity index is 440. The summed E-state index contributed by atoms with van der Waals surface area (Å²) < 4.78 is 0. The van der Waals surface area contributed by atoms with Gasteiger partial charge in [-0.3, -0.25) is 4.79 Å². The van der Waals surface area contributed by atoms with Gasteiger partial charge in [0.2, 0.25) is 0 Å². The first-order valence-corrected chi connectivity index (χ1v) is 7.30. The molecule has 0 bridgehead atoms. The van der Waals surface area contributed by atoms with Gasteiger partial charge in [0.05, 0.1) is 0 Å². The number of fused-ring (bicyclic) bond motifs is 1. The summed E-state index contributed by atoms with van der Waals surface area (Å²) in [6.45, 7) is 6.15. The molecule has 0 unspecified atom stereocenters. The van der Waals surface area contributed by atoms with Gasteiger partial charge in [0.25, 0.3) is 5.91 Å². The van der Waals surface area contributed by atoms with Crippen molar-refractivity contribution in [2.24, 2.45) is 11.8 Å². The van der Waals surface area contributed by atoms with E-state index in [1.807, 2.05) is 36.1 Å². The summed E-state index contributed by atoms with van der Waals surface area (Å²) in [5.74, 6) is 1.75. The summed E-state index contributed by atoms with van der Waals surface area (Å²) in [5, 5.41) is 3.47. The number of aryl methyl sites for hydroxylation is 1. The average Bonchev–Trinajstić information content (AvgIpc) is 2.78. The number of hydrogen-bond acceptors (Lipinski definition) is 2. The predicted molar refractivity (Wildman–Crippen MR) is 76.2 cm³/mol. The minimum atomic E-state index is 0.202. The highest BCUT2D eigenvalue weighted by atomic mass is 16.2. The largest absolute Gasteiger partial charge is 0.339 e. The summed E-state index contributed by atoms with van der Waals surface area (Å²) >= 11 is 0. The van der Waals surface area contributed by atoms with E-state index in [2.05, 4.69) is 5.32 Å². The second-order valence-corrected chi connectivity index (χ2v) is 5.91. The van der Waals surface area contributed by atoms with Crippen molar-refractivity contribution in [3.63, 3.8) is 0 Å². The monoisotopic (exact) mass is 258 g/mol. The van der Waals surface area contributed by atoms with E-state index in [1.165, 1.54) is 5.56 Å². The van der Waals surface area contributed by atoms with Gasteiger partial charge in [-0.2, -0.15) is 0 Å². The molecule has 1 N–H and O–H groups in total. The van der Waals surface area contributed by atoms with Crippen molar-refractivity contribution in [1.82, 2.24) is 10.2 Å². The van der Waals surface area contributed by atoms with Crippen LogP contribution in [0.15, 0.2) is 24.3 Å². The standard InChI is InChI=1S/C16H22N2O/c1-12-2-4-13(5-3-12)16(19)18-8-6-14-10-17-11-15(14)7-9-18/h2-5,14-15,17H,6-11H2,1H3/t14-,15+. The molecule has 0 radical (unpaired) electrons. The Balaban J connectivity index is 1.68. The predicted octanol–water partition coefficient (Wildman–Crippen LogP) is 2.07. The third-order valence-electron chi connectivity index (χ3n) is 4.61. The van der Waals surface area contributed by atoms with Crippen molar-refractivity contribution in [1.29, 1.82) is 0 Å². The van der Waals surface area contributed by atoms with Crippen LogP contribution in [0.5, 0.6) is 0 Å². The van der Waals surface area contributed by atoms with E-state index in [0.29, 0.717) is 0 Å². The van der Waals surface area contributed by atoms with Crippen LogP contribution in [0.3, 0.4) is 0 Å². The second kappa shape index (κ2) is 5.33. The van der Waals surface area contributed by atoms with Crippen molar-refractivity contribution in [3.05, 3.63) is 35.4 Å². The zero-order valence-corrected chi connectivity index (χ0v) is 11.6. The number of likely N-dealkylation sites (tertiary alicyclic amines) is 1. The van der Waals surface area contributed by atoms with Gasteiger partial charge < -0.3 is 10.2 Å². The molecule has 0 spiro atoms. The molecule has 19 heavy (non-hydrogen) atoms. The molecule has 2 saturated heterocycles. The molecule has 2 fully saturated rings. The lowest BCUT2D eigenvalue weighted by atomic mass is 9.92. The van der Waals surface area contributed by atoms with Crippen LogP contribution < -0.4 is 5.32 Å². The van der Waals surface area contributed by atoms with Crippen molar-refractivity contribution >= 4 is 5.91 Å². The molecule has 2 aliphatic rings. The molecule has 1 aromatic rings. The first-order chi connectivity index (χ1) is 9.24. The van der Waals surface area contributed by atoms with Crippen LogP contribution in [0.2, 0.25) is 0 Å². The van der Waals surface area contributed by atoms with E-state index < -0.39 is 0 Å². The molecule has 0 aliphatic carbocycles. The van der Waals surface area contributed by atoms with Crippen LogP contribution in [0.1, 0.15) is 28.8 Å². The molecule has 2 heterocycles. The van der Waals surface area contributed by atoms with Crippen molar-refractivity contribution in [2.75, 3.05) is 26.2 Å². The Morgan fingerprint density at radius 2 is 1.68 bits per heavy atom. The van der Waals surface area contributed by atoms with E-state index in [1.54, 1.807) is 0 Å². The lowest BCUT2D eigenvalue weighted by Crippen LogP contribution is -2.32. The summed E-state index contributed by atoms with van der Waals surface area (Å²) in [5.41, 5.74) is 2.03. The molecule has 3 heteroatoms. The second-order valence-electron chi connectivity index (χ2n) is 5.91. The van der Waals surface area contributed by atoms with Gasteiger partial charge in [-0.25, -0.2) is 0 Å². The Labute approximate surface area is 115 Å². The Morgan fingerprint density at radius 1 is 1.11 bits per heavy atom. The van der Waals surface area contributed by atoms with Gasteiger partial charge in [-0.1, -0.05) is 17.7 Å². The van der Waals surface area contributed by atoms with Gasteiger partial charge in [0, 0.05) is 18.7 Å². The molecular formula is C16H22N2O. The minimum absolute atomic E-state index is 0.202. The normalized spacial score (nSPS) is 26.9. The fraction of sp³-hybridized carbons (Fsp3) is 0.562. The maximum absolute atomic E-state index is 12.5. The Hall–Kier alpha value is -1.35. The zero-order chi connectivity index (χ0) is 13.2. The summed E-state index contributed by atoms with van der Waals surface area (Å²) in [4.78, 5) is 14.5. The number of rotatable bonds is 1. The van der Waals surface area contributed by atoms with Gasteiger partial charge in [-0.15, -0.1) is 0 Å². The van der Waals surface area contributed by atoms with E-state index >= 15 is 0 Å². The zero-order valence-electron chi connectivity index (χ0n) is 11.6. The molecule has 1 amide bonds. The molecule has 2 aliphatic heterocycles. The summed E-state index contributed by atoms with van der Waals surface area (Å²) in [6.07, 6.45) is 2.30. The van der Waals surface area contributed by atoms with E-state index in [4.69, 9.17) is 0 Å². The lowest BCUT2D eigenvalue weighted by Gasteiger charge is -2.21. The van der Waals surface area contributed by atoms with Crippen molar-refractivity contribution in [3.8, 4) is 0 Å². The van der Waals surface area contributed by atoms with Gasteiger partial charge in [-0.05, 0) is 56.8 Å². The SMILES string of the molecule is Cc1ccc(C(=O)N2CC[C@@H]3CNC[C@@H]3CC2)cc1. The average molecular weight is 258 g/mol. The van der Waals surface area contributed by atoms with Crippen LogP contribution in [0.4, 0.5) is 0 Å². The lowest BCUT2D eigenvalue weighted by molar-refractivity contribution is 0.0758. The molecule has 3 rings (SSSR count). The fourth-order valence-electron chi connectivity index (χ4n) is 3.30. The van der Waals surface area contributed by atoms with Crippen LogP contribution in [-0.4, -0.2) is 37.0 Å². The third-order valence-corrected chi connectivity index (χ3v) is 4.61. The highest BCUT2D eigenvalue weighted by molar-refractivity contribution is 5.94.